The Morgan fingerprint density at radius 1 is 1.46 bits per heavy atom. The molecule has 3 fully saturated rings. The predicted octanol–water partition coefficient (Wildman–Crippen LogP) is 1.92. The maximum atomic E-state index is 10.9. The van der Waals surface area contributed by atoms with Gasteiger partial charge < -0.3 is 5.11 Å². The average molecular weight is 178 g/mol. The summed E-state index contributed by atoms with van der Waals surface area (Å²) in [6.07, 6.45) is 1.27. The lowest BCUT2D eigenvalue weighted by Gasteiger charge is -2.05. The number of carbonyl (C=O) groups is 1. The summed E-state index contributed by atoms with van der Waals surface area (Å²) in [5.74, 6) is 1.90. The molecule has 3 saturated carbocycles. The van der Waals surface area contributed by atoms with Crippen molar-refractivity contribution in [3.8, 4) is 0 Å². The largest absolute Gasteiger partial charge is 0.481 e. The molecule has 0 bridgehead atoms. The summed E-state index contributed by atoms with van der Waals surface area (Å²) in [6, 6.07) is 0. The molecule has 3 rings (SSSR count). The second-order valence-electron chi connectivity index (χ2n) is 4.93. The lowest BCUT2D eigenvalue weighted by Crippen LogP contribution is -2.05. The van der Waals surface area contributed by atoms with Gasteiger partial charge in [-0.25, -0.2) is 0 Å². The quantitative estimate of drug-likeness (QED) is 0.623. The molecular formula is C11H14O2. The van der Waals surface area contributed by atoms with Gasteiger partial charge >= 0.3 is 5.97 Å². The molecule has 1 N–H and O–H groups in total. The Balaban J connectivity index is 1.95. The minimum atomic E-state index is -0.570. The minimum absolute atomic E-state index is 0.0198. The highest BCUT2D eigenvalue weighted by atomic mass is 16.4. The normalized spacial score (nSPS) is 49.7. The van der Waals surface area contributed by atoms with Crippen LogP contribution in [0.1, 0.15) is 20.3 Å². The maximum Gasteiger partial charge on any atom is 0.307 e. The van der Waals surface area contributed by atoms with Crippen molar-refractivity contribution in [2.24, 2.45) is 29.6 Å². The van der Waals surface area contributed by atoms with Crippen molar-refractivity contribution in [1.82, 2.24) is 0 Å². The molecule has 0 amide bonds. The number of allylic oxidation sites excluding steroid dienone is 2. The van der Waals surface area contributed by atoms with Crippen molar-refractivity contribution >= 4 is 5.97 Å². The summed E-state index contributed by atoms with van der Waals surface area (Å²) in [7, 11) is 0. The molecular weight excluding hydrogens is 164 g/mol. The van der Waals surface area contributed by atoms with Gasteiger partial charge in [0.2, 0.25) is 0 Å². The molecule has 0 spiro atoms. The second-order valence-corrected chi connectivity index (χ2v) is 4.93. The van der Waals surface area contributed by atoms with E-state index in [4.69, 9.17) is 5.11 Å². The van der Waals surface area contributed by atoms with Crippen LogP contribution in [0.25, 0.3) is 0 Å². The topological polar surface area (TPSA) is 37.3 Å². The molecule has 0 radical (unpaired) electrons. The van der Waals surface area contributed by atoms with Crippen LogP contribution >= 0.6 is 0 Å². The molecule has 2 nitrogen and oxygen atoms in total. The monoisotopic (exact) mass is 178 g/mol. The fourth-order valence-corrected chi connectivity index (χ4v) is 3.54. The van der Waals surface area contributed by atoms with E-state index < -0.39 is 5.97 Å². The molecule has 70 valence electrons. The van der Waals surface area contributed by atoms with Crippen LogP contribution < -0.4 is 0 Å². The Morgan fingerprint density at radius 3 is 2.69 bits per heavy atom. The predicted molar refractivity (Wildman–Crippen MR) is 48.1 cm³/mol. The summed E-state index contributed by atoms with van der Waals surface area (Å²) in [4.78, 5) is 10.9. The van der Waals surface area contributed by atoms with Crippen molar-refractivity contribution < 1.29 is 9.90 Å². The van der Waals surface area contributed by atoms with Gasteiger partial charge in [0.25, 0.3) is 0 Å². The zero-order valence-corrected chi connectivity index (χ0v) is 7.95. The van der Waals surface area contributed by atoms with Gasteiger partial charge in [-0.2, -0.15) is 0 Å². The molecule has 0 aliphatic heterocycles. The molecule has 13 heavy (non-hydrogen) atoms. The Bertz CT molecular complexity index is 325. The minimum Gasteiger partial charge on any atom is -0.481 e. The first-order valence-corrected chi connectivity index (χ1v) is 5.03. The first kappa shape index (κ1) is 7.60. The van der Waals surface area contributed by atoms with E-state index in [2.05, 4.69) is 13.8 Å². The summed E-state index contributed by atoms with van der Waals surface area (Å²) in [5.41, 5.74) is 2.88. The van der Waals surface area contributed by atoms with Gasteiger partial charge in [-0.05, 0) is 43.9 Å². The number of hydrogen-bond acceptors (Lipinski definition) is 1. The zero-order valence-electron chi connectivity index (χ0n) is 7.95. The Labute approximate surface area is 77.6 Å². The van der Waals surface area contributed by atoms with E-state index in [0.717, 1.165) is 11.8 Å². The number of carboxylic acids is 1. The van der Waals surface area contributed by atoms with E-state index in [1.165, 1.54) is 17.6 Å². The van der Waals surface area contributed by atoms with Crippen LogP contribution in [0.4, 0.5) is 0 Å². The molecule has 3 aliphatic rings. The Morgan fingerprint density at radius 2 is 2.15 bits per heavy atom. The van der Waals surface area contributed by atoms with Crippen LogP contribution in [0, 0.1) is 29.6 Å². The van der Waals surface area contributed by atoms with Gasteiger partial charge in [0.1, 0.15) is 0 Å². The first-order chi connectivity index (χ1) is 6.13. The van der Waals surface area contributed by atoms with Gasteiger partial charge in [-0.15, -0.1) is 0 Å². The highest BCUT2D eigenvalue weighted by Crippen LogP contribution is 2.75. The summed E-state index contributed by atoms with van der Waals surface area (Å²) >= 11 is 0. The lowest BCUT2D eigenvalue weighted by atomic mass is 10.0. The van der Waals surface area contributed by atoms with E-state index in [1.807, 2.05) is 0 Å². The van der Waals surface area contributed by atoms with Crippen LogP contribution in [-0.4, -0.2) is 11.1 Å². The molecule has 0 aromatic carbocycles. The third kappa shape index (κ3) is 0.767. The summed E-state index contributed by atoms with van der Waals surface area (Å²) in [5, 5.41) is 8.97. The highest BCUT2D eigenvalue weighted by molar-refractivity contribution is 5.77. The van der Waals surface area contributed by atoms with Crippen molar-refractivity contribution in [1.29, 1.82) is 0 Å². The van der Waals surface area contributed by atoms with Gasteiger partial charge in [0.15, 0.2) is 0 Å². The highest BCUT2D eigenvalue weighted by Gasteiger charge is 2.73. The molecule has 0 saturated heterocycles. The van der Waals surface area contributed by atoms with Crippen molar-refractivity contribution in [3.05, 3.63) is 11.1 Å². The molecule has 0 heterocycles. The fourth-order valence-electron chi connectivity index (χ4n) is 3.54. The van der Waals surface area contributed by atoms with Crippen LogP contribution in [-0.2, 0) is 4.79 Å². The standard InChI is InChI=1S/C11H14O2/c1-4(2)7-5-3-6(5)8-9(7)10(8)11(12)13/h5-6,8-10H,3H2,1-2H3,(H,12,13)/t5-,6+,8-,9-,10-/m1/s1. The Hall–Kier alpha value is -0.790. The molecule has 0 aromatic rings. The van der Waals surface area contributed by atoms with Gasteiger partial charge in [-0.1, -0.05) is 11.1 Å². The van der Waals surface area contributed by atoms with E-state index in [0.29, 0.717) is 11.8 Å². The van der Waals surface area contributed by atoms with E-state index in [1.54, 1.807) is 0 Å². The fraction of sp³-hybridized carbons (Fsp3) is 0.727. The van der Waals surface area contributed by atoms with Crippen LogP contribution in [0.15, 0.2) is 11.1 Å². The van der Waals surface area contributed by atoms with Crippen molar-refractivity contribution in [3.63, 3.8) is 0 Å². The van der Waals surface area contributed by atoms with Gasteiger partial charge in [0.05, 0.1) is 5.92 Å². The number of fused-ring (bicyclic) bond motifs is 3. The smallest absolute Gasteiger partial charge is 0.307 e. The van der Waals surface area contributed by atoms with Crippen LogP contribution in [0.2, 0.25) is 0 Å². The number of aliphatic carboxylic acids is 1. The maximum absolute atomic E-state index is 10.9. The van der Waals surface area contributed by atoms with E-state index in [9.17, 15) is 4.79 Å². The number of carboxylic acid groups (broad SMARTS) is 1. The molecule has 2 heteroatoms. The van der Waals surface area contributed by atoms with Crippen molar-refractivity contribution in [2.45, 2.75) is 20.3 Å². The molecule has 3 aliphatic carbocycles. The van der Waals surface area contributed by atoms with E-state index >= 15 is 0 Å². The zero-order chi connectivity index (χ0) is 9.33. The van der Waals surface area contributed by atoms with Crippen LogP contribution in [0.5, 0.6) is 0 Å². The molecule has 0 unspecified atom stereocenters. The third-order valence-electron chi connectivity index (χ3n) is 4.03. The summed E-state index contributed by atoms with van der Waals surface area (Å²) < 4.78 is 0. The lowest BCUT2D eigenvalue weighted by molar-refractivity contribution is -0.139. The van der Waals surface area contributed by atoms with Crippen LogP contribution in [0.3, 0.4) is 0 Å². The average Bonchev–Trinajstić information content (AvgIpc) is 2.85. The number of rotatable bonds is 1. The molecule has 0 aromatic heterocycles. The molecule has 5 atom stereocenters. The Kier molecular flexibility index (Phi) is 1.17. The third-order valence-corrected chi connectivity index (χ3v) is 4.03. The van der Waals surface area contributed by atoms with Gasteiger partial charge in [-0.3, -0.25) is 4.79 Å². The SMILES string of the molecule is CC(C)=C1[C@H]2[C@H](C(=O)O)[C@@H]2[C@H]2C[C@@H]12. The van der Waals surface area contributed by atoms with Crippen molar-refractivity contribution in [2.75, 3.05) is 0 Å². The van der Waals surface area contributed by atoms with E-state index in [-0.39, 0.29) is 5.92 Å². The second kappa shape index (κ2) is 1.99. The number of hydrogen-bond donors (Lipinski definition) is 1. The van der Waals surface area contributed by atoms with Gasteiger partial charge in [0, 0.05) is 0 Å². The summed E-state index contributed by atoms with van der Waals surface area (Å²) in [6.45, 7) is 4.26. The first-order valence-electron chi connectivity index (χ1n) is 5.03.